The second-order valence-electron chi connectivity index (χ2n) is 4.33. The second kappa shape index (κ2) is 4.98. The first kappa shape index (κ1) is 11.6. The summed E-state index contributed by atoms with van der Waals surface area (Å²) in [6.07, 6.45) is 1.63. The third kappa shape index (κ3) is 2.63. The summed E-state index contributed by atoms with van der Waals surface area (Å²) in [6, 6.07) is 8.97. The van der Waals surface area contributed by atoms with Crippen molar-refractivity contribution in [1.82, 2.24) is 5.32 Å². The van der Waals surface area contributed by atoms with E-state index in [1.54, 1.807) is 12.1 Å². The minimum absolute atomic E-state index is 0.139. The van der Waals surface area contributed by atoms with Gasteiger partial charge in [-0.05, 0) is 43.0 Å². The Balaban J connectivity index is 2.05. The number of nitriles is 1. The summed E-state index contributed by atoms with van der Waals surface area (Å²) in [5, 5.41) is 20.7. The average molecular weight is 230 g/mol. The van der Waals surface area contributed by atoms with E-state index in [4.69, 9.17) is 10.4 Å². The van der Waals surface area contributed by atoms with Crippen LogP contribution in [0.25, 0.3) is 0 Å². The number of benzene rings is 1. The Bertz CT molecular complexity index is 447. The molecule has 2 N–H and O–H groups in total. The van der Waals surface area contributed by atoms with Crippen molar-refractivity contribution in [2.75, 3.05) is 6.54 Å². The fourth-order valence-corrected chi connectivity index (χ4v) is 2.28. The van der Waals surface area contributed by atoms with Crippen LogP contribution in [0.3, 0.4) is 0 Å². The molecule has 0 spiro atoms. The molecule has 17 heavy (non-hydrogen) atoms. The van der Waals surface area contributed by atoms with Crippen molar-refractivity contribution in [3.05, 3.63) is 35.4 Å². The zero-order valence-corrected chi connectivity index (χ0v) is 9.39. The molecule has 1 saturated heterocycles. The SMILES string of the molecule is N#Cc1ccc(CC2CCN[C@@H]2C(=O)O)cc1. The summed E-state index contributed by atoms with van der Waals surface area (Å²) in [6.45, 7) is 0.762. The number of aliphatic carboxylic acids is 1. The first-order chi connectivity index (χ1) is 8.20. The van der Waals surface area contributed by atoms with E-state index in [9.17, 15) is 4.79 Å². The van der Waals surface area contributed by atoms with Gasteiger partial charge in [-0.1, -0.05) is 12.1 Å². The van der Waals surface area contributed by atoms with Gasteiger partial charge in [0.25, 0.3) is 0 Å². The van der Waals surface area contributed by atoms with Crippen LogP contribution >= 0.6 is 0 Å². The smallest absolute Gasteiger partial charge is 0.320 e. The Morgan fingerprint density at radius 3 is 2.76 bits per heavy atom. The van der Waals surface area contributed by atoms with Crippen LogP contribution < -0.4 is 5.32 Å². The normalized spacial score (nSPS) is 23.2. The van der Waals surface area contributed by atoms with Crippen LogP contribution in [0.15, 0.2) is 24.3 Å². The van der Waals surface area contributed by atoms with Crippen LogP contribution in [0.4, 0.5) is 0 Å². The summed E-state index contributed by atoms with van der Waals surface area (Å²) < 4.78 is 0. The molecule has 4 nitrogen and oxygen atoms in total. The Morgan fingerprint density at radius 1 is 1.47 bits per heavy atom. The number of carboxylic acids is 1. The molecule has 1 aliphatic rings. The first-order valence-corrected chi connectivity index (χ1v) is 5.66. The second-order valence-corrected chi connectivity index (χ2v) is 4.33. The lowest BCUT2D eigenvalue weighted by Crippen LogP contribution is -2.36. The molecule has 4 heteroatoms. The lowest BCUT2D eigenvalue weighted by Gasteiger charge is -2.15. The van der Waals surface area contributed by atoms with E-state index < -0.39 is 12.0 Å². The van der Waals surface area contributed by atoms with E-state index in [-0.39, 0.29) is 5.92 Å². The number of hydrogen-bond donors (Lipinski definition) is 2. The maximum Gasteiger partial charge on any atom is 0.320 e. The number of nitrogens with zero attached hydrogens (tertiary/aromatic N) is 1. The van der Waals surface area contributed by atoms with E-state index in [1.165, 1.54) is 0 Å². The van der Waals surface area contributed by atoms with Gasteiger partial charge in [0.1, 0.15) is 6.04 Å². The van der Waals surface area contributed by atoms with Gasteiger partial charge >= 0.3 is 5.97 Å². The molecule has 1 aromatic carbocycles. The van der Waals surface area contributed by atoms with Crippen molar-refractivity contribution in [3.8, 4) is 6.07 Å². The van der Waals surface area contributed by atoms with Gasteiger partial charge in [0, 0.05) is 0 Å². The lowest BCUT2D eigenvalue weighted by molar-refractivity contribution is -0.140. The average Bonchev–Trinajstić information content (AvgIpc) is 2.78. The van der Waals surface area contributed by atoms with Crippen molar-refractivity contribution in [1.29, 1.82) is 5.26 Å². The van der Waals surface area contributed by atoms with Crippen LogP contribution in [0.2, 0.25) is 0 Å². The molecule has 1 unspecified atom stereocenters. The van der Waals surface area contributed by atoms with Crippen molar-refractivity contribution in [2.24, 2.45) is 5.92 Å². The quantitative estimate of drug-likeness (QED) is 0.817. The molecule has 88 valence electrons. The topological polar surface area (TPSA) is 73.1 Å². The predicted octanol–water partition coefficient (Wildman–Crippen LogP) is 1.16. The van der Waals surface area contributed by atoms with Crippen LogP contribution in [0.5, 0.6) is 0 Å². The van der Waals surface area contributed by atoms with E-state index in [0.29, 0.717) is 5.56 Å². The number of hydrogen-bond acceptors (Lipinski definition) is 3. The van der Waals surface area contributed by atoms with Gasteiger partial charge in [-0.2, -0.15) is 5.26 Å². The van der Waals surface area contributed by atoms with Gasteiger partial charge in [0.15, 0.2) is 0 Å². The zero-order chi connectivity index (χ0) is 12.3. The minimum atomic E-state index is -0.777. The third-order valence-electron chi connectivity index (χ3n) is 3.20. The van der Waals surface area contributed by atoms with E-state index in [1.807, 2.05) is 12.1 Å². The molecule has 0 bridgehead atoms. The Morgan fingerprint density at radius 2 is 2.18 bits per heavy atom. The summed E-state index contributed by atoms with van der Waals surface area (Å²) in [5.74, 6) is -0.637. The summed E-state index contributed by atoms with van der Waals surface area (Å²) in [5.41, 5.74) is 1.72. The summed E-state index contributed by atoms with van der Waals surface area (Å²) >= 11 is 0. The van der Waals surface area contributed by atoms with Gasteiger partial charge < -0.3 is 10.4 Å². The maximum absolute atomic E-state index is 11.0. The van der Waals surface area contributed by atoms with Gasteiger partial charge in [0.05, 0.1) is 11.6 Å². The number of carboxylic acid groups (broad SMARTS) is 1. The molecule has 2 rings (SSSR count). The fraction of sp³-hybridized carbons (Fsp3) is 0.385. The molecule has 0 aromatic heterocycles. The molecule has 1 fully saturated rings. The highest BCUT2D eigenvalue weighted by atomic mass is 16.4. The van der Waals surface area contributed by atoms with Gasteiger partial charge in [0.2, 0.25) is 0 Å². The molecule has 2 atom stereocenters. The van der Waals surface area contributed by atoms with Gasteiger partial charge in [-0.3, -0.25) is 4.79 Å². The van der Waals surface area contributed by atoms with Crippen molar-refractivity contribution < 1.29 is 9.90 Å². The van der Waals surface area contributed by atoms with E-state index >= 15 is 0 Å². The number of nitrogens with one attached hydrogen (secondary N) is 1. The summed E-state index contributed by atoms with van der Waals surface area (Å²) in [7, 11) is 0. The van der Waals surface area contributed by atoms with Gasteiger partial charge in [-0.15, -0.1) is 0 Å². The molecular formula is C13H14N2O2. The number of carbonyl (C=O) groups is 1. The van der Waals surface area contributed by atoms with E-state index in [2.05, 4.69) is 11.4 Å². The highest BCUT2D eigenvalue weighted by Crippen LogP contribution is 2.21. The first-order valence-electron chi connectivity index (χ1n) is 5.66. The molecule has 1 aromatic rings. The molecular weight excluding hydrogens is 216 g/mol. The van der Waals surface area contributed by atoms with Crippen molar-refractivity contribution in [2.45, 2.75) is 18.9 Å². The molecule has 0 radical (unpaired) electrons. The fourth-order valence-electron chi connectivity index (χ4n) is 2.28. The molecule has 0 amide bonds. The van der Waals surface area contributed by atoms with Crippen molar-refractivity contribution in [3.63, 3.8) is 0 Å². The predicted molar refractivity (Wildman–Crippen MR) is 62.4 cm³/mol. The van der Waals surface area contributed by atoms with Crippen molar-refractivity contribution >= 4 is 5.97 Å². The number of rotatable bonds is 3. The van der Waals surface area contributed by atoms with Crippen LogP contribution in [0.1, 0.15) is 17.5 Å². The monoisotopic (exact) mass is 230 g/mol. The van der Waals surface area contributed by atoms with Crippen LogP contribution in [-0.2, 0) is 11.2 Å². The van der Waals surface area contributed by atoms with Gasteiger partial charge in [-0.25, -0.2) is 0 Å². The minimum Gasteiger partial charge on any atom is -0.480 e. The standard InChI is InChI=1S/C13H14N2O2/c14-8-10-3-1-9(2-4-10)7-11-5-6-15-12(11)13(16)17/h1-4,11-12,15H,5-7H2,(H,16,17)/t11?,12-/m0/s1. The Hall–Kier alpha value is -1.86. The highest BCUT2D eigenvalue weighted by molar-refractivity contribution is 5.74. The lowest BCUT2D eigenvalue weighted by atomic mass is 9.92. The molecule has 0 saturated carbocycles. The third-order valence-corrected chi connectivity index (χ3v) is 3.20. The van der Waals surface area contributed by atoms with E-state index in [0.717, 1.165) is 24.9 Å². The highest BCUT2D eigenvalue weighted by Gasteiger charge is 2.32. The molecule has 1 heterocycles. The molecule has 1 aliphatic heterocycles. The van der Waals surface area contributed by atoms with Crippen LogP contribution in [-0.4, -0.2) is 23.7 Å². The summed E-state index contributed by atoms with van der Waals surface area (Å²) in [4.78, 5) is 11.0. The Labute approximate surface area is 99.9 Å². The van der Waals surface area contributed by atoms with Crippen LogP contribution in [0, 0.1) is 17.2 Å². The Kier molecular flexibility index (Phi) is 3.40. The largest absolute Gasteiger partial charge is 0.480 e. The maximum atomic E-state index is 11.0. The molecule has 0 aliphatic carbocycles. The zero-order valence-electron chi connectivity index (χ0n) is 9.39.